The predicted molar refractivity (Wildman–Crippen MR) is 55.9 cm³/mol. The summed E-state index contributed by atoms with van der Waals surface area (Å²) in [4.78, 5) is 0. The monoisotopic (exact) mass is 186 g/mol. The van der Waals surface area contributed by atoms with Crippen LogP contribution in [0.4, 0.5) is 0 Å². The lowest BCUT2D eigenvalue weighted by Gasteiger charge is -2.12. The molecule has 0 bridgehead atoms. The second kappa shape index (κ2) is 3.81. The molecule has 1 aromatic carbocycles. The van der Waals surface area contributed by atoms with Gasteiger partial charge in [0.05, 0.1) is 11.6 Å². The molecule has 1 N–H and O–H groups in total. The summed E-state index contributed by atoms with van der Waals surface area (Å²) in [7, 11) is 0. The molecule has 1 fully saturated rings. The molecule has 0 aromatic heterocycles. The van der Waals surface area contributed by atoms with Crippen LogP contribution in [-0.4, -0.2) is 6.54 Å². The summed E-state index contributed by atoms with van der Waals surface area (Å²) >= 11 is 0. The number of rotatable bonds is 1. The molecule has 1 saturated heterocycles. The first-order valence-electron chi connectivity index (χ1n) is 5.05. The van der Waals surface area contributed by atoms with Gasteiger partial charge in [0.1, 0.15) is 0 Å². The van der Waals surface area contributed by atoms with E-state index in [1.807, 2.05) is 12.1 Å². The highest BCUT2D eigenvalue weighted by atomic mass is 14.9. The van der Waals surface area contributed by atoms with Crippen LogP contribution in [0.2, 0.25) is 0 Å². The second-order valence-corrected chi connectivity index (χ2v) is 3.85. The van der Waals surface area contributed by atoms with Gasteiger partial charge in [-0.2, -0.15) is 5.26 Å². The summed E-state index contributed by atoms with van der Waals surface area (Å²) in [5.74, 6) is 0. The van der Waals surface area contributed by atoms with Crippen molar-refractivity contribution in [3.8, 4) is 6.07 Å². The number of nitrogens with one attached hydrogen (secondary N) is 1. The molecule has 0 radical (unpaired) electrons. The largest absolute Gasteiger partial charge is 0.310 e. The Kier molecular flexibility index (Phi) is 2.51. The average molecular weight is 186 g/mol. The smallest absolute Gasteiger partial charge is 0.0995 e. The number of benzene rings is 1. The van der Waals surface area contributed by atoms with Crippen LogP contribution in [-0.2, 0) is 0 Å². The first kappa shape index (κ1) is 9.23. The van der Waals surface area contributed by atoms with E-state index in [1.54, 1.807) is 0 Å². The molecular weight excluding hydrogens is 172 g/mol. The number of hydrogen-bond acceptors (Lipinski definition) is 2. The van der Waals surface area contributed by atoms with Gasteiger partial charge >= 0.3 is 0 Å². The van der Waals surface area contributed by atoms with Crippen LogP contribution in [0.3, 0.4) is 0 Å². The molecule has 14 heavy (non-hydrogen) atoms. The maximum Gasteiger partial charge on any atom is 0.0995 e. The van der Waals surface area contributed by atoms with E-state index in [2.05, 4.69) is 24.4 Å². The van der Waals surface area contributed by atoms with Crippen molar-refractivity contribution >= 4 is 0 Å². The van der Waals surface area contributed by atoms with Crippen molar-refractivity contribution in [1.82, 2.24) is 5.32 Å². The van der Waals surface area contributed by atoms with Gasteiger partial charge in [0, 0.05) is 6.04 Å². The van der Waals surface area contributed by atoms with Crippen molar-refractivity contribution in [2.45, 2.75) is 25.8 Å². The van der Waals surface area contributed by atoms with E-state index < -0.39 is 0 Å². The molecule has 0 unspecified atom stereocenters. The van der Waals surface area contributed by atoms with Gasteiger partial charge in [0.25, 0.3) is 0 Å². The number of nitriles is 1. The molecule has 2 rings (SSSR count). The molecule has 1 heterocycles. The van der Waals surface area contributed by atoms with Crippen LogP contribution in [0.25, 0.3) is 0 Å². The average Bonchev–Trinajstić information content (AvgIpc) is 2.70. The quantitative estimate of drug-likeness (QED) is 0.730. The van der Waals surface area contributed by atoms with Crippen molar-refractivity contribution in [1.29, 1.82) is 5.26 Å². The first-order chi connectivity index (χ1) is 6.81. The minimum atomic E-state index is 0.393. The molecule has 0 spiro atoms. The molecule has 1 aliphatic rings. The summed E-state index contributed by atoms with van der Waals surface area (Å²) in [5, 5.41) is 12.4. The molecule has 2 nitrogen and oxygen atoms in total. The molecule has 72 valence electrons. The highest BCUT2D eigenvalue weighted by molar-refractivity contribution is 5.42. The normalized spacial score (nSPS) is 20.7. The number of aryl methyl sites for hydroxylation is 1. The molecular formula is C12H14N2. The zero-order valence-electron chi connectivity index (χ0n) is 8.38. The summed E-state index contributed by atoms with van der Waals surface area (Å²) in [6.45, 7) is 3.14. The third kappa shape index (κ3) is 1.64. The fourth-order valence-corrected chi connectivity index (χ4v) is 2.02. The lowest BCUT2D eigenvalue weighted by molar-refractivity contribution is 0.645. The van der Waals surface area contributed by atoms with Gasteiger partial charge in [-0.05, 0) is 37.9 Å². The van der Waals surface area contributed by atoms with E-state index in [1.165, 1.54) is 17.5 Å². The second-order valence-electron chi connectivity index (χ2n) is 3.85. The minimum Gasteiger partial charge on any atom is -0.310 e. The Morgan fingerprint density at radius 1 is 1.50 bits per heavy atom. The maximum atomic E-state index is 8.99. The van der Waals surface area contributed by atoms with Crippen molar-refractivity contribution in [3.05, 3.63) is 34.9 Å². The summed E-state index contributed by atoms with van der Waals surface area (Å²) < 4.78 is 0. The van der Waals surface area contributed by atoms with Crippen LogP contribution >= 0.6 is 0 Å². The molecule has 1 atom stereocenters. The summed E-state index contributed by atoms with van der Waals surface area (Å²) in [5.41, 5.74) is 3.22. The van der Waals surface area contributed by atoms with Gasteiger partial charge in [0.2, 0.25) is 0 Å². The Hall–Kier alpha value is -1.33. The molecule has 2 heteroatoms. The van der Waals surface area contributed by atoms with Gasteiger partial charge in [0.15, 0.2) is 0 Å². The van der Waals surface area contributed by atoms with Gasteiger partial charge < -0.3 is 5.32 Å². The van der Waals surface area contributed by atoms with Gasteiger partial charge in [-0.1, -0.05) is 17.7 Å². The van der Waals surface area contributed by atoms with Gasteiger partial charge in [-0.25, -0.2) is 0 Å². The lowest BCUT2D eigenvalue weighted by atomic mass is 9.98. The fraction of sp³-hybridized carbons (Fsp3) is 0.417. The van der Waals surface area contributed by atoms with Crippen LogP contribution in [0, 0.1) is 18.3 Å². The fourth-order valence-electron chi connectivity index (χ4n) is 2.02. The summed E-state index contributed by atoms with van der Waals surface area (Å²) in [6, 6.07) is 8.70. The third-order valence-corrected chi connectivity index (χ3v) is 2.76. The number of nitrogens with zero attached hydrogens (tertiary/aromatic N) is 1. The third-order valence-electron chi connectivity index (χ3n) is 2.76. The topological polar surface area (TPSA) is 35.8 Å². The maximum absolute atomic E-state index is 8.99. The van der Waals surface area contributed by atoms with E-state index in [0.717, 1.165) is 18.5 Å². The zero-order chi connectivity index (χ0) is 9.97. The highest BCUT2D eigenvalue weighted by Gasteiger charge is 2.18. The number of hydrogen-bond donors (Lipinski definition) is 1. The van der Waals surface area contributed by atoms with Crippen molar-refractivity contribution < 1.29 is 0 Å². The van der Waals surface area contributed by atoms with Gasteiger partial charge in [-0.15, -0.1) is 0 Å². The SMILES string of the molecule is Cc1ccc(C#N)c([C@H]2CCCN2)c1. The zero-order valence-corrected chi connectivity index (χ0v) is 8.38. The van der Waals surface area contributed by atoms with Gasteiger partial charge in [-0.3, -0.25) is 0 Å². The predicted octanol–water partition coefficient (Wildman–Crippen LogP) is 2.29. The van der Waals surface area contributed by atoms with E-state index >= 15 is 0 Å². The Balaban J connectivity index is 2.39. The molecule has 0 saturated carbocycles. The van der Waals surface area contributed by atoms with Crippen LogP contribution in [0.1, 0.15) is 35.6 Å². The Labute approximate surface area is 84.6 Å². The van der Waals surface area contributed by atoms with Crippen molar-refractivity contribution in [3.63, 3.8) is 0 Å². The Bertz CT molecular complexity index is 370. The molecule has 1 aromatic rings. The van der Waals surface area contributed by atoms with E-state index in [4.69, 9.17) is 5.26 Å². The lowest BCUT2D eigenvalue weighted by Crippen LogP contribution is -2.14. The molecule has 0 aliphatic carbocycles. The van der Waals surface area contributed by atoms with E-state index in [9.17, 15) is 0 Å². The molecule has 1 aliphatic heterocycles. The molecule has 0 amide bonds. The highest BCUT2D eigenvalue weighted by Crippen LogP contribution is 2.26. The standard InChI is InChI=1S/C12H14N2/c1-9-4-5-10(8-13)11(7-9)12-3-2-6-14-12/h4-5,7,12,14H,2-3,6H2,1H3/t12-/m1/s1. The van der Waals surface area contributed by atoms with Crippen LogP contribution in [0.5, 0.6) is 0 Å². The van der Waals surface area contributed by atoms with E-state index in [-0.39, 0.29) is 0 Å². The van der Waals surface area contributed by atoms with Crippen LogP contribution in [0.15, 0.2) is 18.2 Å². The Morgan fingerprint density at radius 3 is 3.00 bits per heavy atom. The van der Waals surface area contributed by atoms with E-state index in [0.29, 0.717) is 6.04 Å². The van der Waals surface area contributed by atoms with Crippen LogP contribution < -0.4 is 5.32 Å². The minimum absolute atomic E-state index is 0.393. The first-order valence-corrected chi connectivity index (χ1v) is 5.05. The Morgan fingerprint density at radius 2 is 2.36 bits per heavy atom. The summed E-state index contributed by atoms with van der Waals surface area (Å²) in [6.07, 6.45) is 2.36. The van der Waals surface area contributed by atoms with Crippen molar-refractivity contribution in [2.24, 2.45) is 0 Å². The van der Waals surface area contributed by atoms with Crippen molar-refractivity contribution in [2.75, 3.05) is 6.54 Å².